The van der Waals surface area contributed by atoms with E-state index in [1.54, 1.807) is 0 Å². The van der Waals surface area contributed by atoms with Gasteiger partial charge in [-0.3, -0.25) is 4.79 Å². The monoisotopic (exact) mass is 564 g/mol. The lowest BCUT2D eigenvalue weighted by molar-refractivity contribution is -0.341. The van der Waals surface area contributed by atoms with Crippen LogP contribution < -0.4 is 0 Å². The average molecular weight is 565 g/mol. The molecule has 10 atom stereocenters. The molecule has 11 heteroatoms. The largest absolute Gasteiger partial charge is 0.394 e. The number of aliphatic hydroxyl groups is 7. The first kappa shape index (κ1) is 34.5. The van der Waals surface area contributed by atoms with Crippen LogP contribution in [0.25, 0.3) is 0 Å². The molecule has 2 fully saturated rings. The van der Waals surface area contributed by atoms with Crippen molar-refractivity contribution in [3.05, 3.63) is 0 Å². The molecule has 0 saturated carbocycles. The van der Waals surface area contributed by atoms with Crippen molar-refractivity contribution in [3.8, 4) is 0 Å². The summed E-state index contributed by atoms with van der Waals surface area (Å²) in [5.74, 6) is -0.108. The molecule has 0 aromatic rings. The summed E-state index contributed by atoms with van der Waals surface area (Å²) in [6, 6.07) is 0. The maximum absolute atomic E-state index is 12.5. The van der Waals surface area contributed by atoms with Gasteiger partial charge in [-0.2, -0.15) is 0 Å². The number of aliphatic hydroxyl groups excluding tert-OH is 7. The van der Waals surface area contributed by atoms with E-state index in [1.807, 2.05) is 0 Å². The van der Waals surface area contributed by atoms with Gasteiger partial charge in [0.2, 0.25) is 0 Å². The third kappa shape index (κ3) is 10.9. The van der Waals surface area contributed by atoms with Crippen LogP contribution in [0, 0.1) is 0 Å². The molecule has 11 nitrogen and oxygen atoms in total. The Morgan fingerprint density at radius 2 is 1.13 bits per heavy atom. The van der Waals surface area contributed by atoms with Gasteiger partial charge < -0.3 is 50.0 Å². The van der Waals surface area contributed by atoms with Crippen LogP contribution in [0.4, 0.5) is 0 Å². The Labute approximate surface area is 232 Å². The Balaban J connectivity index is 1.70. The molecule has 0 aromatic carbocycles. The summed E-state index contributed by atoms with van der Waals surface area (Å²) in [6.45, 7) is 0.945. The fraction of sp³-hybridized carbons (Fsp3) is 0.964. The predicted octanol–water partition coefficient (Wildman–Crippen LogP) is 0.703. The minimum Gasteiger partial charge on any atom is -0.394 e. The van der Waals surface area contributed by atoms with Crippen molar-refractivity contribution in [2.75, 3.05) is 13.2 Å². The fourth-order valence-electron chi connectivity index (χ4n) is 5.32. The third-order valence-corrected chi connectivity index (χ3v) is 7.84. The number of ketones is 1. The van der Waals surface area contributed by atoms with E-state index < -0.39 is 74.4 Å². The van der Waals surface area contributed by atoms with E-state index in [2.05, 4.69) is 6.92 Å². The van der Waals surface area contributed by atoms with Crippen LogP contribution in [0.3, 0.4) is 0 Å². The minimum absolute atomic E-state index is 0.108. The van der Waals surface area contributed by atoms with Crippen molar-refractivity contribution in [1.29, 1.82) is 0 Å². The Morgan fingerprint density at radius 1 is 0.615 bits per heavy atom. The van der Waals surface area contributed by atoms with Gasteiger partial charge >= 0.3 is 0 Å². The quantitative estimate of drug-likeness (QED) is 0.110. The molecule has 0 unspecified atom stereocenters. The summed E-state index contributed by atoms with van der Waals surface area (Å²) in [4.78, 5) is 12.5. The SMILES string of the molecule is CCCCCCCCCCCCCCC(=O)C[C@H]1O[C@H](CO)[C@@H](O[C@@H]2O[C@H](CO)[C@@H](O)[C@H](O)[C@H]2O)[C@H](O)[C@H]1O. The van der Waals surface area contributed by atoms with E-state index in [1.165, 1.54) is 51.4 Å². The first-order chi connectivity index (χ1) is 18.7. The van der Waals surface area contributed by atoms with Gasteiger partial charge in [0.1, 0.15) is 54.6 Å². The molecule has 7 N–H and O–H groups in total. The molecule has 0 bridgehead atoms. The van der Waals surface area contributed by atoms with Crippen molar-refractivity contribution in [2.24, 2.45) is 0 Å². The first-order valence-electron chi connectivity index (χ1n) is 14.8. The molecule has 0 amide bonds. The van der Waals surface area contributed by atoms with Crippen LogP contribution in [0.5, 0.6) is 0 Å². The number of hydrogen-bond acceptors (Lipinski definition) is 11. The number of unbranched alkanes of at least 4 members (excludes halogenated alkanes) is 11. The predicted molar refractivity (Wildman–Crippen MR) is 142 cm³/mol. The van der Waals surface area contributed by atoms with Gasteiger partial charge in [0.15, 0.2) is 6.29 Å². The molecule has 2 heterocycles. The number of rotatable bonds is 19. The molecule has 230 valence electrons. The normalized spacial score (nSPS) is 35.3. The Hall–Kier alpha value is -0.730. The van der Waals surface area contributed by atoms with E-state index in [-0.39, 0.29) is 12.2 Å². The lowest BCUT2D eigenvalue weighted by Crippen LogP contribution is -2.64. The van der Waals surface area contributed by atoms with Gasteiger partial charge in [-0.05, 0) is 6.42 Å². The number of hydrogen-bond donors (Lipinski definition) is 7. The molecule has 2 aliphatic rings. The molecule has 0 aromatic heterocycles. The summed E-state index contributed by atoms with van der Waals surface area (Å²) >= 11 is 0. The van der Waals surface area contributed by atoms with E-state index in [4.69, 9.17) is 14.2 Å². The molecule has 2 saturated heterocycles. The van der Waals surface area contributed by atoms with Crippen LogP contribution in [0.15, 0.2) is 0 Å². The zero-order valence-corrected chi connectivity index (χ0v) is 23.4. The molecular formula is C28H52O11. The summed E-state index contributed by atoms with van der Waals surface area (Å²) in [5, 5.41) is 70.6. The van der Waals surface area contributed by atoms with Crippen molar-refractivity contribution in [2.45, 2.75) is 158 Å². The zero-order chi connectivity index (χ0) is 28.8. The van der Waals surface area contributed by atoms with Crippen LogP contribution in [0.2, 0.25) is 0 Å². The molecule has 0 radical (unpaired) electrons. The molecule has 2 aliphatic heterocycles. The summed E-state index contributed by atoms with van der Waals surface area (Å²) in [6.07, 6.45) is 0.0473. The topological polar surface area (TPSA) is 186 Å². The van der Waals surface area contributed by atoms with Crippen molar-refractivity contribution < 1.29 is 54.8 Å². The third-order valence-electron chi connectivity index (χ3n) is 7.84. The van der Waals surface area contributed by atoms with Crippen LogP contribution in [-0.4, -0.2) is 116 Å². The molecule has 0 aliphatic carbocycles. The Morgan fingerprint density at radius 3 is 1.67 bits per heavy atom. The maximum atomic E-state index is 12.5. The molecule has 39 heavy (non-hydrogen) atoms. The smallest absolute Gasteiger partial charge is 0.187 e. The first-order valence-corrected chi connectivity index (χ1v) is 14.8. The van der Waals surface area contributed by atoms with Gasteiger partial charge in [-0.25, -0.2) is 0 Å². The van der Waals surface area contributed by atoms with E-state index >= 15 is 0 Å². The highest BCUT2D eigenvalue weighted by atomic mass is 16.7. The average Bonchev–Trinajstić information content (AvgIpc) is 2.93. The van der Waals surface area contributed by atoms with Crippen LogP contribution in [-0.2, 0) is 19.0 Å². The zero-order valence-electron chi connectivity index (χ0n) is 23.4. The highest BCUT2D eigenvalue weighted by Crippen LogP contribution is 2.30. The number of carbonyl (C=O) groups excluding carboxylic acids is 1. The number of Topliss-reactive ketones (excluding diaryl/α,β-unsaturated/α-hetero) is 1. The second-order valence-electron chi connectivity index (χ2n) is 11.1. The Bertz CT molecular complexity index is 661. The second-order valence-corrected chi connectivity index (χ2v) is 11.1. The second kappa shape index (κ2) is 18.7. The minimum atomic E-state index is -1.72. The van der Waals surface area contributed by atoms with E-state index in [0.717, 1.165) is 25.7 Å². The van der Waals surface area contributed by atoms with Crippen LogP contribution in [0.1, 0.15) is 96.8 Å². The lowest BCUT2D eigenvalue weighted by Gasteiger charge is -2.46. The van der Waals surface area contributed by atoms with Crippen LogP contribution >= 0.6 is 0 Å². The van der Waals surface area contributed by atoms with Gasteiger partial charge in [0.25, 0.3) is 0 Å². The summed E-state index contributed by atoms with van der Waals surface area (Å²) < 4.78 is 16.5. The highest BCUT2D eigenvalue weighted by Gasteiger charge is 2.50. The molecule has 2 rings (SSSR count). The van der Waals surface area contributed by atoms with E-state index in [0.29, 0.717) is 6.42 Å². The maximum Gasteiger partial charge on any atom is 0.187 e. The highest BCUT2D eigenvalue weighted by molar-refractivity contribution is 5.78. The fourth-order valence-corrected chi connectivity index (χ4v) is 5.32. The molecular weight excluding hydrogens is 512 g/mol. The summed E-state index contributed by atoms with van der Waals surface area (Å²) in [7, 11) is 0. The lowest BCUT2D eigenvalue weighted by atomic mass is 9.91. The van der Waals surface area contributed by atoms with Crippen molar-refractivity contribution in [1.82, 2.24) is 0 Å². The number of ether oxygens (including phenoxy) is 3. The van der Waals surface area contributed by atoms with E-state index in [9.17, 15) is 40.5 Å². The molecule has 0 spiro atoms. The van der Waals surface area contributed by atoms with Crippen molar-refractivity contribution in [3.63, 3.8) is 0 Å². The van der Waals surface area contributed by atoms with Crippen molar-refractivity contribution >= 4 is 5.78 Å². The summed E-state index contributed by atoms with van der Waals surface area (Å²) in [5.41, 5.74) is 0. The Kier molecular flexibility index (Phi) is 16.5. The van der Waals surface area contributed by atoms with Gasteiger partial charge in [-0.1, -0.05) is 77.6 Å². The standard InChI is InChI=1S/C28H52O11/c1-2-3-4-5-6-7-8-9-10-11-12-13-14-18(31)15-19-22(32)25(35)27(21(17-30)37-19)39-28-26(36)24(34)23(33)20(16-29)38-28/h19-30,32-36H,2-17H2,1H3/t19-,20-,21-,22+,23-,24+,25-,26-,27-,28+/m1/s1. The van der Waals surface area contributed by atoms with Gasteiger partial charge in [-0.15, -0.1) is 0 Å². The van der Waals surface area contributed by atoms with Gasteiger partial charge in [0.05, 0.1) is 19.3 Å². The number of carbonyl (C=O) groups is 1. The van der Waals surface area contributed by atoms with Gasteiger partial charge in [0, 0.05) is 12.8 Å².